The lowest BCUT2D eigenvalue weighted by atomic mass is 10.5. The van der Waals surface area contributed by atoms with E-state index in [0.717, 1.165) is 4.47 Å². The van der Waals surface area contributed by atoms with Crippen molar-refractivity contribution in [2.45, 2.75) is 6.92 Å². The summed E-state index contributed by atoms with van der Waals surface area (Å²) in [5.41, 5.74) is 0. The number of hydrogen-bond donors (Lipinski definition) is 0. The number of likely N-dealkylation sites (N-methyl/N-ethyl adjacent to an activating group) is 1. The van der Waals surface area contributed by atoms with Crippen LogP contribution in [-0.2, 0) is 9.53 Å². The molecule has 1 aromatic rings. The maximum absolute atomic E-state index is 11.1. The van der Waals surface area contributed by atoms with E-state index in [-0.39, 0.29) is 12.5 Å². The van der Waals surface area contributed by atoms with Crippen LogP contribution >= 0.6 is 15.9 Å². The van der Waals surface area contributed by atoms with E-state index in [0.29, 0.717) is 12.5 Å². The topological polar surface area (TPSA) is 55.3 Å². The second-order valence-electron chi connectivity index (χ2n) is 2.79. The van der Waals surface area contributed by atoms with E-state index in [4.69, 9.17) is 0 Å². The van der Waals surface area contributed by atoms with E-state index in [9.17, 15) is 4.79 Å². The molecule has 0 atom stereocenters. The number of aromatic nitrogens is 2. The molecule has 6 heteroatoms. The maximum Gasteiger partial charge on any atom is 0.325 e. The Hall–Kier alpha value is -1.17. The number of rotatable bonds is 4. The van der Waals surface area contributed by atoms with E-state index in [1.165, 1.54) is 7.11 Å². The van der Waals surface area contributed by atoms with Crippen LogP contribution < -0.4 is 4.90 Å². The minimum atomic E-state index is -0.302. The zero-order chi connectivity index (χ0) is 11.3. The van der Waals surface area contributed by atoms with Gasteiger partial charge in [-0.15, -0.1) is 0 Å². The summed E-state index contributed by atoms with van der Waals surface area (Å²) in [6.45, 7) is 2.74. The van der Waals surface area contributed by atoms with Gasteiger partial charge in [0.15, 0.2) is 0 Å². The van der Waals surface area contributed by atoms with E-state index < -0.39 is 0 Å². The third-order valence-corrected chi connectivity index (χ3v) is 2.23. The molecule has 0 radical (unpaired) electrons. The van der Waals surface area contributed by atoms with Crippen molar-refractivity contribution in [3.05, 3.63) is 16.9 Å². The van der Waals surface area contributed by atoms with Gasteiger partial charge in [-0.2, -0.15) is 0 Å². The molecule has 0 aliphatic rings. The summed E-state index contributed by atoms with van der Waals surface area (Å²) in [5, 5.41) is 0. The SMILES string of the molecule is CCN(CC(=O)OC)c1ncc(Br)cn1. The molecular formula is C9H12BrN3O2. The number of esters is 1. The number of ether oxygens (including phenoxy) is 1. The molecule has 0 spiro atoms. The number of halogens is 1. The molecule has 0 amide bonds. The Morgan fingerprint density at radius 2 is 2.13 bits per heavy atom. The van der Waals surface area contributed by atoms with Crippen LogP contribution in [0.25, 0.3) is 0 Å². The molecular weight excluding hydrogens is 262 g/mol. The third-order valence-electron chi connectivity index (χ3n) is 1.82. The number of carbonyl (C=O) groups excluding carboxylic acids is 1. The molecule has 1 heterocycles. The molecule has 15 heavy (non-hydrogen) atoms. The summed E-state index contributed by atoms with van der Waals surface area (Å²) in [4.78, 5) is 21.0. The second-order valence-corrected chi connectivity index (χ2v) is 3.71. The zero-order valence-electron chi connectivity index (χ0n) is 8.61. The molecule has 0 unspecified atom stereocenters. The van der Waals surface area contributed by atoms with Gasteiger partial charge in [0, 0.05) is 18.9 Å². The van der Waals surface area contributed by atoms with Gasteiger partial charge in [-0.3, -0.25) is 4.79 Å². The normalized spacial score (nSPS) is 9.80. The predicted octanol–water partition coefficient (Wildman–Crippen LogP) is 1.24. The summed E-state index contributed by atoms with van der Waals surface area (Å²) in [5.74, 6) is 0.217. The molecule has 1 rings (SSSR count). The largest absolute Gasteiger partial charge is 0.468 e. The molecule has 0 aromatic carbocycles. The van der Waals surface area contributed by atoms with Gasteiger partial charge in [-0.25, -0.2) is 9.97 Å². The average Bonchev–Trinajstić information content (AvgIpc) is 2.27. The van der Waals surface area contributed by atoms with Crippen molar-refractivity contribution in [2.24, 2.45) is 0 Å². The minimum absolute atomic E-state index is 0.161. The summed E-state index contributed by atoms with van der Waals surface area (Å²) < 4.78 is 5.39. The predicted molar refractivity (Wildman–Crippen MR) is 59.6 cm³/mol. The second kappa shape index (κ2) is 5.65. The van der Waals surface area contributed by atoms with Crippen molar-refractivity contribution in [1.29, 1.82) is 0 Å². The molecule has 1 aromatic heterocycles. The summed E-state index contributed by atoms with van der Waals surface area (Å²) in [6, 6.07) is 0. The molecule has 0 saturated heterocycles. The Kier molecular flexibility index (Phi) is 4.48. The lowest BCUT2D eigenvalue weighted by Crippen LogP contribution is -2.31. The fourth-order valence-electron chi connectivity index (χ4n) is 1.01. The van der Waals surface area contributed by atoms with Gasteiger partial charge in [0.05, 0.1) is 11.6 Å². The van der Waals surface area contributed by atoms with Crippen molar-refractivity contribution in [2.75, 3.05) is 25.1 Å². The van der Waals surface area contributed by atoms with Crippen LogP contribution in [0, 0.1) is 0 Å². The fraction of sp³-hybridized carbons (Fsp3) is 0.444. The molecule has 0 N–H and O–H groups in total. The Morgan fingerprint density at radius 3 is 2.60 bits per heavy atom. The highest BCUT2D eigenvalue weighted by atomic mass is 79.9. The van der Waals surface area contributed by atoms with E-state index in [1.807, 2.05) is 6.92 Å². The van der Waals surface area contributed by atoms with Gasteiger partial charge >= 0.3 is 5.97 Å². The third kappa shape index (κ3) is 3.47. The number of methoxy groups -OCH3 is 1. The first-order valence-corrected chi connectivity index (χ1v) is 5.26. The van der Waals surface area contributed by atoms with Gasteiger partial charge in [0.1, 0.15) is 6.54 Å². The first-order valence-electron chi connectivity index (χ1n) is 4.46. The molecule has 0 saturated carbocycles. The average molecular weight is 274 g/mol. The zero-order valence-corrected chi connectivity index (χ0v) is 10.2. The first kappa shape index (κ1) is 11.9. The van der Waals surface area contributed by atoms with Crippen molar-refractivity contribution >= 4 is 27.8 Å². The van der Waals surface area contributed by atoms with E-state index in [1.54, 1.807) is 17.3 Å². The van der Waals surface area contributed by atoms with Crippen molar-refractivity contribution in [3.63, 3.8) is 0 Å². The van der Waals surface area contributed by atoms with Crippen molar-refractivity contribution in [1.82, 2.24) is 9.97 Å². The summed E-state index contributed by atoms with van der Waals surface area (Å²) in [6.07, 6.45) is 3.28. The molecule has 82 valence electrons. The van der Waals surface area contributed by atoms with Gasteiger partial charge in [0.25, 0.3) is 0 Å². The molecule has 0 aliphatic carbocycles. The summed E-state index contributed by atoms with van der Waals surface area (Å²) >= 11 is 3.25. The van der Waals surface area contributed by atoms with Crippen molar-refractivity contribution < 1.29 is 9.53 Å². The maximum atomic E-state index is 11.1. The van der Waals surface area contributed by atoms with Crippen LogP contribution in [0.1, 0.15) is 6.92 Å². The number of carbonyl (C=O) groups is 1. The Bertz CT molecular complexity index is 329. The number of hydrogen-bond acceptors (Lipinski definition) is 5. The highest BCUT2D eigenvalue weighted by Gasteiger charge is 2.11. The van der Waals surface area contributed by atoms with Crippen LogP contribution in [0.4, 0.5) is 5.95 Å². The highest BCUT2D eigenvalue weighted by Crippen LogP contribution is 2.10. The Morgan fingerprint density at radius 1 is 1.53 bits per heavy atom. The molecule has 0 fully saturated rings. The van der Waals surface area contributed by atoms with Gasteiger partial charge < -0.3 is 9.64 Å². The monoisotopic (exact) mass is 273 g/mol. The standard InChI is InChI=1S/C9H12BrN3O2/c1-3-13(6-8(14)15-2)9-11-4-7(10)5-12-9/h4-5H,3,6H2,1-2H3. The van der Waals surface area contributed by atoms with Gasteiger partial charge in [-0.05, 0) is 22.9 Å². The minimum Gasteiger partial charge on any atom is -0.468 e. The van der Waals surface area contributed by atoms with Crippen LogP contribution in [0.15, 0.2) is 16.9 Å². The Labute approximate surface area is 96.6 Å². The number of anilines is 1. The number of nitrogens with zero attached hydrogens (tertiary/aromatic N) is 3. The lowest BCUT2D eigenvalue weighted by molar-refractivity contribution is -0.138. The fourth-order valence-corrected chi connectivity index (χ4v) is 1.22. The lowest BCUT2D eigenvalue weighted by Gasteiger charge is -2.18. The molecule has 5 nitrogen and oxygen atoms in total. The summed E-state index contributed by atoms with van der Waals surface area (Å²) in [7, 11) is 1.36. The van der Waals surface area contributed by atoms with Crippen molar-refractivity contribution in [3.8, 4) is 0 Å². The van der Waals surface area contributed by atoms with Crippen LogP contribution in [0.2, 0.25) is 0 Å². The highest BCUT2D eigenvalue weighted by molar-refractivity contribution is 9.10. The van der Waals surface area contributed by atoms with E-state index >= 15 is 0 Å². The molecule has 0 bridgehead atoms. The smallest absolute Gasteiger partial charge is 0.325 e. The van der Waals surface area contributed by atoms with Crippen LogP contribution in [0.3, 0.4) is 0 Å². The molecule has 0 aliphatic heterocycles. The van der Waals surface area contributed by atoms with E-state index in [2.05, 4.69) is 30.6 Å². The van der Waals surface area contributed by atoms with Crippen LogP contribution in [-0.4, -0.2) is 36.1 Å². The van der Waals surface area contributed by atoms with Crippen LogP contribution in [0.5, 0.6) is 0 Å². The Balaban J connectivity index is 2.74. The van der Waals surface area contributed by atoms with Gasteiger partial charge in [0.2, 0.25) is 5.95 Å². The van der Waals surface area contributed by atoms with Gasteiger partial charge in [-0.1, -0.05) is 0 Å². The quantitative estimate of drug-likeness (QED) is 0.773. The first-order chi connectivity index (χ1) is 7.17.